The highest BCUT2D eigenvalue weighted by atomic mass is 19.1. The van der Waals surface area contributed by atoms with Gasteiger partial charge in [-0.25, -0.2) is 9.07 Å². The van der Waals surface area contributed by atoms with Crippen molar-refractivity contribution in [1.29, 1.82) is 0 Å². The number of nitrogens with one attached hydrogen (secondary N) is 2. The van der Waals surface area contributed by atoms with Crippen LogP contribution in [0.1, 0.15) is 18.2 Å². The summed E-state index contributed by atoms with van der Waals surface area (Å²) >= 11 is 0. The topological polar surface area (TPSA) is 62.7 Å². The Hall–Kier alpha value is -2.47. The minimum absolute atomic E-state index is 0.142. The number of aromatic nitrogens is 3. The fraction of sp³-hybridized carbons (Fsp3) is 0.250. The molecule has 2 N–H and O–H groups in total. The molecule has 114 valence electrons. The lowest BCUT2D eigenvalue weighted by Gasteiger charge is -2.05. The van der Waals surface area contributed by atoms with Crippen molar-refractivity contribution in [3.63, 3.8) is 0 Å². The molecule has 2 aromatic heterocycles. The largest absolute Gasteiger partial charge is 0.313 e. The number of halogens is 1. The maximum absolute atomic E-state index is 13.1. The molecular weight excluding hydrogens is 283 g/mol. The van der Waals surface area contributed by atoms with Gasteiger partial charge in [-0.15, -0.1) is 0 Å². The number of rotatable bonds is 4. The molecule has 0 saturated carbocycles. The molecular formula is C16H17FN4O. The zero-order valence-electron chi connectivity index (χ0n) is 12.5. The molecule has 2 heterocycles. The lowest BCUT2D eigenvalue weighted by atomic mass is 10.2. The van der Waals surface area contributed by atoms with E-state index < -0.39 is 0 Å². The third-order valence-corrected chi connectivity index (χ3v) is 3.59. The molecule has 0 spiro atoms. The summed E-state index contributed by atoms with van der Waals surface area (Å²) in [6, 6.07) is 7.86. The quantitative estimate of drug-likeness (QED) is 0.777. The minimum Gasteiger partial charge on any atom is -0.313 e. The van der Waals surface area contributed by atoms with E-state index in [4.69, 9.17) is 0 Å². The van der Waals surface area contributed by atoms with Crippen molar-refractivity contribution in [3.05, 3.63) is 57.8 Å². The van der Waals surface area contributed by atoms with Gasteiger partial charge in [-0.3, -0.25) is 4.79 Å². The Bertz CT molecular complexity index is 864. The van der Waals surface area contributed by atoms with Crippen LogP contribution in [0.3, 0.4) is 0 Å². The van der Waals surface area contributed by atoms with Gasteiger partial charge in [-0.05, 0) is 43.8 Å². The molecule has 22 heavy (non-hydrogen) atoms. The van der Waals surface area contributed by atoms with Crippen LogP contribution in [0.4, 0.5) is 4.39 Å². The number of aromatic amines is 1. The third kappa shape index (κ3) is 2.53. The van der Waals surface area contributed by atoms with E-state index in [0.717, 1.165) is 17.6 Å². The maximum Gasteiger partial charge on any atom is 0.254 e. The van der Waals surface area contributed by atoms with E-state index in [-0.39, 0.29) is 11.4 Å². The monoisotopic (exact) mass is 300 g/mol. The van der Waals surface area contributed by atoms with E-state index in [2.05, 4.69) is 15.4 Å². The molecule has 0 bridgehead atoms. The Balaban J connectivity index is 2.15. The predicted molar refractivity (Wildman–Crippen MR) is 83.8 cm³/mol. The van der Waals surface area contributed by atoms with Gasteiger partial charge >= 0.3 is 0 Å². The lowest BCUT2D eigenvalue weighted by molar-refractivity contribution is 0.627. The number of H-pyrrole nitrogens is 1. The van der Waals surface area contributed by atoms with Crippen molar-refractivity contribution in [3.8, 4) is 5.69 Å². The Morgan fingerprint density at radius 2 is 2.05 bits per heavy atom. The average molecular weight is 300 g/mol. The van der Waals surface area contributed by atoms with Crippen LogP contribution in [-0.4, -0.2) is 21.3 Å². The first-order valence-corrected chi connectivity index (χ1v) is 7.18. The van der Waals surface area contributed by atoms with Gasteiger partial charge in [0.1, 0.15) is 11.5 Å². The van der Waals surface area contributed by atoms with Gasteiger partial charge < -0.3 is 10.3 Å². The number of fused-ring (bicyclic) bond motifs is 1. The molecule has 0 radical (unpaired) electrons. The summed E-state index contributed by atoms with van der Waals surface area (Å²) in [6.45, 7) is 5.19. The predicted octanol–water partition coefficient (Wildman–Crippen LogP) is 2.27. The molecule has 0 fully saturated rings. The maximum atomic E-state index is 13.1. The molecule has 3 aromatic rings. The van der Waals surface area contributed by atoms with Crippen LogP contribution >= 0.6 is 0 Å². The van der Waals surface area contributed by atoms with E-state index in [9.17, 15) is 9.18 Å². The first-order valence-electron chi connectivity index (χ1n) is 7.18. The van der Waals surface area contributed by atoms with Crippen molar-refractivity contribution in [1.82, 2.24) is 20.1 Å². The SMILES string of the molecule is CCNCc1cc2c(C)nn(-c3ccc(F)cc3)c2[nH]c1=O. The molecule has 1 aromatic carbocycles. The van der Waals surface area contributed by atoms with Crippen LogP contribution in [0.25, 0.3) is 16.7 Å². The van der Waals surface area contributed by atoms with Crippen molar-refractivity contribution < 1.29 is 4.39 Å². The molecule has 0 atom stereocenters. The summed E-state index contributed by atoms with van der Waals surface area (Å²) in [6.07, 6.45) is 0. The summed E-state index contributed by atoms with van der Waals surface area (Å²) in [5.41, 5.74) is 2.67. The minimum atomic E-state index is -0.307. The number of pyridine rings is 1. The summed E-state index contributed by atoms with van der Waals surface area (Å²) in [4.78, 5) is 15.1. The number of benzene rings is 1. The highest BCUT2D eigenvalue weighted by molar-refractivity contribution is 5.80. The van der Waals surface area contributed by atoms with Gasteiger partial charge in [0.25, 0.3) is 5.56 Å². The van der Waals surface area contributed by atoms with Gasteiger partial charge in [0.15, 0.2) is 0 Å². The molecule has 0 aliphatic carbocycles. The van der Waals surface area contributed by atoms with Gasteiger partial charge in [0.2, 0.25) is 0 Å². The number of hydrogen-bond donors (Lipinski definition) is 2. The summed E-state index contributed by atoms with van der Waals surface area (Å²) in [7, 11) is 0. The molecule has 0 aliphatic rings. The second kappa shape index (κ2) is 5.73. The van der Waals surface area contributed by atoms with Crippen LogP contribution < -0.4 is 10.9 Å². The molecule has 0 amide bonds. The molecule has 0 unspecified atom stereocenters. The van der Waals surface area contributed by atoms with E-state index in [1.54, 1.807) is 16.8 Å². The van der Waals surface area contributed by atoms with E-state index >= 15 is 0 Å². The van der Waals surface area contributed by atoms with Crippen LogP contribution in [0.15, 0.2) is 35.1 Å². The molecule has 3 rings (SSSR count). The molecule has 0 saturated heterocycles. The zero-order valence-corrected chi connectivity index (χ0v) is 12.5. The number of nitrogens with zero attached hydrogens (tertiary/aromatic N) is 2. The number of aryl methyl sites for hydroxylation is 1. The van der Waals surface area contributed by atoms with E-state index in [0.29, 0.717) is 23.4 Å². The second-order valence-electron chi connectivity index (χ2n) is 5.14. The van der Waals surface area contributed by atoms with Crippen molar-refractivity contribution in [2.45, 2.75) is 20.4 Å². The van der Waals surface area contributed by atoms with Gasteiger partial charge in [-0.2, -0.15) is 5.10 Å². The van der Waals surface area contributed by atoms with Gasteiger partial charge in [-0.1, -0.05) is 6.92 Å². The third-order valence-electron chi connectivity index (χ3n) is 3.59. The Labute approximate surface area is 126 Å². The van der Waals surface area contributed by atoms with Crippen LogP contribution in [0, 0.1) is 12.7 Å². The highest BCUT2D eigenvalue weighted by Crippen LogP contribution is 2.20. The summed E-state index contributed by atoms with van der Waals surface area (Å²) in [5, 5.41) is 8.49. The standard InChI is InChI=1S/C16H17FN4O/c1-3-18-9-11-8-14-10(2)20-21(15(14)19-16(11)22)13-6-4-12(17)5-7-13/h4-8,18H,3,9H2,1-2H3,(H,19,22). The van der Waals surface area contributed by atoms with Gasteiger partial charge in [0.05, 0.1) is 11.4 Å². The van der Waals surface area contributed by atoms with E-state index in [1.807, 2.05) is 19.9 Å². The first-order chi connectivity index (χ1) is 10.6. The first kappa shape index (κ1) is 14.5. The van der Waals surface area contributed by atoms with Crippen LogP contribution in [0.5, 0.6) is 0 Å². The normalized spacial score (nSPS) is 11.2. The number of hydrogen-bond acceptors (Lipinski definition) is 3. The lowest BCUT2D eigenvalue weighted by Crippen LogP contribution is -2.21. The van der Waals surface area contributed by atoms with Gasteiger partial charge in [0, 0.05) is 17.5 Å². The fourth-order valence-corrected chi connectivity index (χ4v) is 2.42. The molecule has 6 heteroatoms. The van der Waals surface area contributed by atoms with Crippen molar-refractivity contribution in [2.75, 3.05) is 6.54 Å². The molecule has 5 nitrogen and oxygen atoms in total. The van der Waals surface area contributed by atoms with E-state index in [1.165, 1.54) is 12.1 Å². The van der Waals surface area contributed by atoms with Crippen LogP contribution in [0.2, 0.25) is 0 Å². The summed E-state index contributed by atoms with van der Waals surface area (Å²) in [5.74, 6) is -0.307. The fourth-order valence-electron chi connectivity index (χ4n) is 2.42. The average Bonchev–Trinajstić information content (AvgIpc) is 2.82. The Morgan fingerprint density at radius 1 is 1.32 bits per heavy atom. The summed E-state index contributed by atoms with van der Waals surface area (Å²) < 4.78 is 14.7. The zero-order chi connectivity index (χ0) is 15.7. The highest BCUT2D eigenvalue weighted by Gasteiger charge is 2.12. The Morgan fingerprint density at radius 3 is 2.73 bits per heavy atom. The van der Waals surface area contributed by atoms with Crippen molar-refractivity contribution in [2.24, 2.45) is 0 Å². The smallest absolute Gasteiger partial charge is 0.254 e. The second-order valence-corrected chi connectivity index (χ2v) is 5.14. The van der Waals surface area contributed by atoms with Crippen molar-refractivity contribution >= 4 is 11.0 Å². The molecule has 0 aliphatic heterocycles. The Kier molecular flexibility index (Phi) is 3.77. The van der Waals surface area contributed by atoms with Crippen LogP contribution in [-0.2, 0) is 6.54 Å².